The van der Waals surface area contributed by atoms with Gasteiger partial charge in [-0.05, 0) is 48.9 Å². The molecule has 0 radical (unpaired) electrons. The molecule has 35 heavy (non-hydrogen) atoms. The third-order valence-corrected chi connectivity index (χ3v) is 6.52. The summed E-state index contributed by atoms with van der Waals surface area (Å²) in [5.74, 6) is 1.23. The smallest absolute Gasteiger partial charge is 0.228 e. The summed E-state index contributed by atoms with van der Waals surface area (Å²) >= 11 is 0. The van der Waals surface area contributed by atoms with Gasteiger partial charge in [0.1, 0.15) is 17.2 Å². The summed E-state index contributed by atoms with van der Waals surface area (Å²) in [4.78, 5) is 8.98. The maximum absolute atomic E-state index is 13.9. The predicted molar refractivity (Wildman–Crippen MR) is 131 cm³/mol. The van der Waals surface area contributed by atoms with Gasteiger partial charge in [-0.15, -0.1) is 5.10 Å². The average molecular weight is 470 g/mol. The number of anilines is 2. The number of fused-ring (bicyclic) bond motifs is 1. The Labute approximate surface area is 201 Å². The van der Waals surface area contributed by atoms with E-state index in [-0.39, 0.29) is 17.8 Å². The molecule has 4 heterocycles. The normalized spacial score (nSPS) is 18.1. The van der Waals surface area contributed by atoms with Crippen LogP contribution in [0.2, 0.25) is 0 Å². The molecule has 0 bridgehead atoms. The van der Waals surface area contributed by atoms with E-state index >= 15 is 0 Å². The number of rotatable bonds is 5. The van der Waals surface area contributed by atoms with Gasteiger partial charge < -0.3 is 10.6 Å². The van der Waals surface area contributed by atoms with Crippen LogP contribution in [-0.4, -0.2) is 47.8 Å². The molecule has 176 valence electrons. The molecule has 0 aliphatic carbocycles. The summed E-state index contributed by atoms with van der Waals surface area (Å²) in [5, 5.41) is 19.8. The van der Waals surface area contributed by atoms with E-state index in [1.54, 1.807) is 29.2 Å². The van der Waals surface area contributed by atoms with Gasteiger partial charge in [-0.3, -0.25) is 4.68 Å². The Kier molecular flexibility index (Phi) is 5.42. The molecule has 3 aromatic heterocycles. The lowest BCUT2D eigenvalue weighted by Crippen LogP contribution is -2.37. The Morgan fingerprint density at radius 2 is 2.03 bits per heavy atom. The number of aryl methyl sites for hydroxylation is 1. The van der Waals surface area contributed by atoms with Crippen molar-refractivity contribution in [3.05, 3.63) is 78.4 Å². The SMILES string of the molecule is Cn1nccc1Nc1nccc(-c2ccc3c(c2)nnn3C2CNCCC2c2cccc(F)c2)n1. The number of hydrogen-bond acceptors (Lipinski definition) is 7. The maximum Gasteiger partial charge on any atom is 0.228 e. The molecular weight excluding hydrogens is 445 g/mol. The molecule has 2 unspecified atom stereocenters. The van der Waals surface area contributed by atoms with E-state index in [1.165, 1.54) is 6.07 Å². The maximum atomic E-state index is 13.9. The van der Waals surface area contributed by atoms with Gasteiger partial charge in [0.15, 0.2) is 0 Å². The first-order valence-electron chi connectivity index (χ1n) is 11.6. The molecule has 1 fully saturated rings. The highest BCUT2D eigenvalue weighted by Gasteiger charge is 2.30. The van der Waals surface area contributed by atoms with Crippen LogP contribution in [0.1, 0.15) is 23.9 Å². The minimum absolute atomic E-state index is 0.0372. The highest BCUT2D eigenvalue weighted by atomic mass is 19.1. The van der Waals surface area contributed by atoms with Gasteiger partial charge in [-0.1, -0.05) is 23.4 Å². The van der Waals surface area contributed by atoms with Crippen molar-refractivity contribution >= 4 is 22.8 Å². The Bertz CT molecular complexity index is 1490. The number of hydrogen-bond donors (Lipinski definition) is 2. The molecule has 0 amide bonds. The van der Waals surface area contributed by atoms with Crippen molar-refractivity contribution in [3.8, 4) is 11.3 Å². The molecule has 0 spiro atoms. The molecule has 1 saturated heterocycles. The van der Waals surface area contributed by atoms with Gasteiger partial charge >= 0.3 is 0 Å². The summed E-state index contributed by atoms with van der Waals surface area (Å²) in [6.45, 7) is 1.63. The first-order valence-corrected chi connectivity index (χ1v) is 11.6. The van der Waals surface area contributed by atoms with Crippen molar-refractivity contribution < 1.29 is 4.39 Å². The molecule has 6 rings (SSSR count). The molecule has 5 aromatic rings. The van der Waals surface area contributed by atoms with E-state index in [0.717, 1.165) is 53.2 Å². The number of benzene rings is 2. The van der Waals surface area contributed by atoms with E-state index in [0.29, 0.717) is 5.95 Å². The van der Waals surface area contributed by atoms with Gasteiger partial charge in [0, 0.05) is 37.3 Å². The lowest BCUT2D eigenvalue weighted by Gasteiger charge is -2.32. The van der Waals surface area contributed by atoms with E-state index in [2.05, 4.69) is 36.0 Å². The second kappa shape index (κ2) is 8.88. The van der Waals surface area contributed by atoms with Gasteiger partial charge in [0.05, 0.1) is 23.4 Å². The Morgan fingerprint density at radius 1 is 1.09 bits per heavy atom. The van der Waals surface area contributed by atoms with Gasteiger partial charge in [-0.25, -0.2) is 19.0 Å². The van der Waals surface area contributed by atoms with Crippen LogP contribution < -0.4 is 10.6 Å². The minimum atomic E-state index is -0.213. The van der Waals surface area contributed by atoms with Crippen molar-refractivity contribution in [3.63, 3.8) is 0 Å². The summed E-state index contributed by atoms with van der Waals surface area (Å²) in [5.41, 5.74) is 4.41. The van der Waals surface area contributed by atoms with Crippen LogP contribution in [0.25, 0.3) is 22.3 Å². The lowest BCUT2D eigenvalue weighted by molar-refractivity contribution is 0.304. The van der Waals surface area contributed by atoms with Gasteiger partial charge in [0.25, 0.3) is 0 Å². The van der Waals surface area contributed by atoms with Crippen molar-refractivity contribution in [1.29, 1.82) is 0 Å². The molecule has 1 aliphatic rings. The van der Waals surface area contributed by atoms with E-state index in [4.69, 9.17) is 0 Å². The highest BCUT2D eigenvalue weighted by molar-refractivity contribution is 5.81. The molecule has 9 nitrogen and oxygen atoms in total. The van der Waals surface area contributed by atoms with Gasteiger partial charge in [0.2, 0.25) is 5.95 Å². The fourth-order valence-corrected chi connectivity index (χ4v) is 4.76. The van der Waals surface area contributed by atoms with Crippen LogP contribution in [-0.2, 0) is 7.05 Å². The number of aromatic nitrogens is 7. The predicted octanol–water partition coefficient (Wildman–Crippen LogP) is 3.82. The van der Waals surface area contributed by atoms with Crippen molar-refractivity contribution in [1.82, 2.24) is 40.1 Å². The topological polar surface area (TPSA) is 98.4 Å². The average Bonchev–Trinajstić information content (AvgIpc) is 3.49. The Balaban J connectivity index is 1.31. The molecular formula is C25H24FN9. The summed E-state index contributed by atoms with van der Waals surface area (Å²) < 4.78 is 17.6. The fraction of sp³-hybridized carbons (Fsp3) is 0.240. The number of nitrogens with one attached hydrogen (secondary N) is 2. The minimum Gasteiger partial charge on any atom is -0.315 e. The Hall–Kier alpha value is -4.18. The molecule has 1 aliphatic heterocycles. The van der Waals surface area contributed by atoms with Crippen LogP contribution in [0.5, 0.6) is 0 Å². The second-order valence-electron chi connectivity index (χ2n) is 8.69. The standard InChI is InChI=1S/C25H24FN9/c1-34-24(9-12-29-34)31-25-28-11-8-20(30-25)17-5-6-22-21(14-17)32-33-35(22)23-15-27-10-7-19(23)16-3-2-4-18(26)13-16/h2-6,8-9,11-14,19,23,27H,7,10,15H2,1H3,(H,28,30,31). The molecule has 2 atom stereocenters. The fourth-order valence-electron chi connectivity index (χ4n) is 4.76. The number of piperidine rings is 1. The van der Waals surface area contributed by atoms with Crippen molar-refractivity contribution in [2.75, 3.05) is 18.4 Å². The first kappa shape index (κ1) is 21.4. The summed E-state index contributed by atoms with van der Waals surface area (Å²) in [6.07, 6.45) is 4.34. The van der Waals surface area contributed by atoms with Crippen molar-refractivity contribution in [2.24, 2.45) is 7.05 Å². The Morgan fingerprint density at radius 3 is 2.89 bits per heavy atom. The summed E-state index contributed by atoms with van der Waals surface area (Å²) in [7, 11) is 1.85. The van der Waals surface area contributed by atoms with Crippen LogP contribution in [0.4, 0.5) is 16.2 Å². The lowest BCUT2D eigenvalue weighted by atomic mass is 9.86. The zero-order valence-electron chi connectivity index (χ0n) is 19.1. The van der Waals surface area contributed by atoms with Gasteiger partial charge in [-0.2, -0.15) is 5.10 Å². The highest BCUT2D eigenvalue weighted by Crippen LogP contribution is 2.35. The molecule has 0 saturated carbocycles. The quantitative estimate of drug-likeness (QED) is 0.404. The second-order valence-corrected chi connectivity index (χ2v) is 8.69. The monoisotopic (exact) mass is 469 g/mol. The van der Waals surface area contributed by atoms with E-state index in [1.807, 2.05) is 48.1 Å². The summed E-state index contributed by atoms with van der Waals surface area (Å²) in [6, 6.07) is 16.7. The zero-order valence-corrected chi connectivity index (χ0v) is 19.1. The number of nitrogens with zero attached hydrogens (tertiary/aromatic N) is 7. The zero-order chi connectivity index (χ0) is 23.8. The number of halogens is 1. The van der Waals surface area contributed by atoms with E-state index < -0.39 is 0 Å². The molecule has 2 N–H and O–H groups in total. The first-order chi connectivity index (χ1) is 17.2. The molecule has 2 aromatic carbocycles. The largest absolute Gasteiger partial charge is 0.315 e. The van der Waals surface area contributed by atoms with E-state index in [9.17, 15) is 4.39 Å². The third kappa shape index (κ3) is 4.12. The van der Waals surface area contributed by atoms with Crippen LogP contribution in [0.15, 0.2) is 67.0 Å². The molecule has 10 heteroatoms. The van der Waals surface area contributed by atoms with Crippen LogP contribution in [0.3, 0.4) is 0 Å². The van der Waals surface area contributed by atoms with Crippen molar-refractivity contribution in [2.45, 2.75) is 18.4 Å². The third-order valence-electron chi connectivity index (χ3n) is 6.52. The van der Waals surface area contributed by atoms with Crippen LogP contribution in [0, 0.1) is 5.82 Å². The van der Waals surface area contributed by atoms with Crippen LogP contribution >= 0.6 is 0 Å².